The Labute approximate surface area is 96.3 Å². The van der Waals surface area contributed by atoms with E-state index in [1.807, 2.05) is 6.07 Å². The Morgan fingerprint density at radius 2 is 1.77 bits per heavy atom. The van der Waals surface area contributed by atoms with E-state index in [4.69, 9.17) is 4.55 Å². The van der Waals surface area contributed by atoms with Crippen LogP contribution in [0.25, 0.3) is 6.08 Å². The maximum absolute atomic E-state index is 10.3. The van der Waals surface area contributed by atoms with Crippen LogP contribution in [0, 0.1) is 0 Å². The zero-order valence-corrected chi connectivity index (χ0v) is 9.15. The minimum atomic E-state index is -4.00. The third-order valence-electron chi connectivity index (χ3n) is 1.23. The van der Waals surface area contributed by atoms with E-state index in [0.717, 1.165) is 11.0 Å². The molecule has 1 rings (SSSR count). The molecule has 0 unspecified atom stereocenters. The first-order chi connectivity index (χ1) is 5.58. The summed E-state index contributed by atoms with van der Waals surface area (Å²) in [5.41, 5.74) is 0.732. The van der Waals surface area contributed by atoms with Crippen LogP contribution in [0.5, 0.6) is 0 Å². The van der Waals surface area contributed by atoms with Gasteiger partial charge in [0.2, 0.25) is 0 Å². The van der Waals surface area contributed by atoms with E-state index in [9.17, 15) is 8.42 Å². The molecule has 0 radical (unpaired) electrons. The smallest absolute Gasteiger partial charge is 1.00 e. The Kier molecular flexibility index (Phi) is 5.23. The molecule has 0 aliphatic heterocycles. The Bertz CT molecular complexity index is 378. The normalized spacial score (nSPS) is 11.2. The van der Waals surface area contributed by atoms with Gasteiger partial charge < -0.3 is 2.85 Å². The van der Waals surface area contributed by atoms with Crippen molar-refractivity contribution in [2.45, 2.75) is 0 Å². The first-order valence-corrected chi connectivity index (χ1v) is 4.79. The van der Waals surface area contributed by atoms with E-state index >= 15 is 0 Å². The van der Waals surface area contributed by atoms with Crippen LogP contribution < -0.4 is 0 Å². The summed E-state index contributed by atoms with van der Waals surface area (Å²) < 4.78 is 28.9. The van der Waals surface area contributed by atoms with Crippen molar-refractivity contribution in [1.82, 2.24) is 0 Å². The van der Waals surface area contributed by atoms with Crippen molar-refractivity contribution in [3.8, 4) is 0 Å². The molecule has 1 N–H and O–H groups in total. The summed E-state index contributed by atoms with van der Waals surface area (Å²) in [6.45, 7) is 0. The molecule has 0 heterocycles. The minimum absolute atomic E-state index is 0. The molecule has 0 atom stereocenters. The van der Waals surface area contributed by atoms with Crippen molar-refractivity contribution in [2.24, 2.45) is 0 Å². The van der Waals surface area contributed by atoms with E-state index in [1.165, 1.54) is 6.08 Å². The molecule has 3 nitrogen and oxygen atoms in total. The SMILES string of the molecule is O=S(=O)(O)C=Cc1ccccc1.[H-].[H-].[Mg+2]. The Morgan fingerprint density at radius 3 is 2.23 bits per heavy atom. The molecule has 0 saturated carbocycles. The standard InChI is InChI=1S/C8H8O3S.Mg.2H/c9-12(10,11)7-6-8-4-2-1-3-5-8;;;/h1-7H,(H,9,10,11);;;/q;+2;2*-1. The minimum Gasteiger partial charge on any atom is -1.00 e. The fourth-order valence-electron chi connectivity index (χ4n) is 0.729. The maximum atomic E-state index is 10.3. The van der Waals surface area contributed by atoms with Gasteiger partial charge >= 0.3 is 23.1 Å². The molecule has 1 aromatic rings. The van der Waals surface area contributed by atoms with Gasteiger partial charge in [0, 0.05) is 0 Å². The first kappa shape index (κ1) is 12.6. The van der Waals surface area contributed by atoms with Crippen LogP contribution in [0.4, 0.5) is 0 Å². The predicted octanol–water partition coefficient (Wildman–Crippen LogP) is 1.39. The molecule has 0 spiro atoms. The van der Waals surface area contributed by atoms with Crippen molar-refractivity contribution in [2.75, 3.05) is 0 Å². The maximum Gasteiger partial charge on any atom is 2.00 e. The Morgan fingerprint density at radius 1 is 1.23 bits per heavy atom. The summed E-state index contributed by atoms with van der Waals surface area (Å²) in [5.74, 6) is 0. The number of hydrogen-bond acceptors (Lipinski definition) is 2. The van der Waals surface area contributed by atoms with Crippen molar-refractivity contribution < 1.29 is 15.8 Å². The van der Waals surface area contributed by atoms with Crippen LogP contribution in [-0.2, 0) is 10.1 Å². The molecule has 0 saturated heterocycles. The monoisotopic (exact) mass is 210 g/mol. The van der Waals surface area contributed by atoms with E-state index in [-0.39, 0.29) is 25.9 Å². The third kappa shape index (κ3) is 5.81. The molecule has 5 heteroatoms. The van der Waals surface area contributed by atoms with Gasteiger partial charge in [0.05, 0.1) is 5.41 Å². The molecule has 0 aromatic heterocycles. The van der Waals surface area contributed by atoms with Crippen LogP contribution in [0.1, 0.15) is 8.42 Å². The second kappa shape index (κ2) is 5.38. The molecule has 0 aliphatic rings. The zero-order valence-electron chi connectivity index (χ0n) is 8.92. The number of benzene rings is 1. The fourth-order valence-corrected chi connectivity index (χ4v) is 1.06. The van der Waals surface area contributed by atoms with Gasteiger partial charge in [0.1, 0.15) is 0 Å². The van der Waals surface area contributed by atoms with Gasteiger partial charge in [-0.1, -0.05) is 30.3 Å². The molecule has 1 aromatic carbocycles. The van der Waals surface area contributed by atoms with Crippen molar-refractivity contribution in [3.05, 3.63) is 41.3 Å². The molecule has 0 fully saturated rings. The summed E-state index contributed by atoms with van der Waals surface area (Å²) in [7, 11) is -4.00. The van der Waals surface area contributed by atoms with E-state index in [2.05, 4.69) is 0 Å². The van der Waals surface area contributed by atoms with Gasteiger partial charge in [-0.3, -0.25) is 4.55 Å². The molecule has 0 amide bonds. The van der Waals surface area contributed by atoms with Gasteiger partial charge in [-0.25, -0.2) is 0 Å². The van der Waals surface area contributed by atoms with Crippen LogP contribution >= 0.6 is 0 Å². The van der Waals surface area contributed by atoms with E-state index in [0.29, 0.717) is 0 Å². The quantitative estimate of drug-likeness (QED) is 0.593. The summed E-state index contributed by atoms with van der Waals surface area (Å²) in [6, 6.07) is 8.86. The topological polar surface area (TPSA) is 54.4 Å². The third-order valence-corrected chi connectivity index (χ3v) is 1.71. The molecular weight excluding hydrogens is 200 g/mol. The van der Waals surface area contributed by atoms with Crippen LogP contribution in [0.15, 0.2) is 35.7 Å². The molecule has 13 heavy (non-hydrogen) atoms. The predicted molar refractivity (Wildman–Crippen MR) is 55.0 cm³/mol. The Balaban J connectivity index is -0.000000480. The summed E-state index contributed by atoms with van der Waals surface area (Å²) >= 11 is 0. The summed E-state index contributed by atoms with van der Waals surface area (Å²) in [6.07, 6.45) is 1.33. The fraction of sp³-hybridized carbons (Fsp3) is 0. The second-order valence-electron chi connectivity index (χ2n) is 2.23. The van der Waals surface area contributed by atoms with Crippen LogP contribution in [0.2, 0.25) is 0 Å². The number of rotatable bonds is 2. The van der Waals surface area contributed by atoms with Crippen molar-refractivity contribution in [1.29, 1.82) is 0 Å². The summed E-state index contributed by atoms with van der Waals surface area (Å²) in [4.78, 5) is 0. The van der Waals surface area contributed by atoms with Crippen LogP contribution in [-0.4, -0.2) is 36.0 Å². The summed E-state index contributed by atoms with van der Waals surface area (Å²) in [5, 5.41) is 0.752. The molecule has 68 valence electrons. The van der Waals surface area contributed by atoms with E-state index in [1.54, 1.807) is 24.3 Å². The van der Waals surface area contributed by atoms with Gasteiger partial charge in [0.15, 0.2) is 0 Å². The average Bonchev–Trinajstić information content (AvgIpc) is 2.02. The van der Waals surface area contributed by atoms with Crippen LogP contribution in [0.3, 0.4) is 0 Å². The van der Waals surface area contributed by atoms with Crippen molar-refractivity contribution >= 4 is 39.2 Å². The van der Waals surface area contributed by atoms with Gasteiger partial charge in [-0.15, -0.1) is 0 Å². The molecular formula is C8H10MgO3S. The Hall–Kier alpha value is -0.364. The molecule has 0 bridgehead atoms. The van der Waals surface area contributed by atoms with E-state index < -0.39 is 10.1 Å². The number of hydrogen-bond donors (Lipinski definition) is 1. The average molecular weight is 211 g/mol. The van der Waals surface area contributed by atoms with Crippen molar-refractivity contribution in [3.63, 3.8) is 0 Å². The first-order valence-electron chi connectivity index (χ1n) is 3.28. The largest absolute Gasteiger partial charge is 2.00 e. The van der Waals surface area contributed by atoms with Gasteiger partial charge in [-0.05, 0) is 11.6 Å². The second-order valence-corrected chi connectivity index (χ2v) is 3.53. The van der Waals surface area contributed by atoms with Gasteiger partial charge in [-0.2, -0.15) is 8.42 Å². The van der Waals surface area contributed by atoms with Gasteiger partial charge in [0.25, 0.3) is 10.1 Å². The molecule has 0 aliphatic carbocycles. The zero-order chi connectivity index (χ0) is 9.03.